The van der Waals surface area contributed by atoms with E-state index in [4.69, 9.17) is 10.2 Å². The fourth-order valence-electron chi connectivity index (χ4n) is 1.53. The van der Waals surface area contributed by atoms with E-state index in [-0.39, 0.29) is 12.8 Å². The first kappa shape index (κ1) is 18.4. The number of Topliss-reactive ketones (excluding diaryl/α,β-unsaturated/α-hetero) is 1. The Bertz CT molecular complexity index is 487. The van der Waals surface area contributed by atoms with Gasteiger partial charge in [0, 0.05) is 30.4 Å². The van der Waals surface area contributed by atoms with E-state index in [1.165, 1.54) is 13.8 Å². The number of carboxylic acids is 2. The van der Waals surface area contributed by atoms with Crippen molar-refractivity contribution in [2.24, 2.45) is 5.41 Å². The molecule has 0 amide bonds. The zero-order valence-electron chi connectivity index (χ0n) is 11.7. The Morgan fingerprint density at radius 1 is 0.810 bits per heavy atom. The van der Waals surface area contributed by atoms with Gasteiger partial charge in [0.2, 0.25) is 0 Å². The molecule has 114 valence electrons. The minimum absolute atomic E-state index is 0.335. The van der Waals surface area contributed by atoms with Crippen LogP contribution in [0.15, 0.2) is 24.3 Å². The standard InChI is InChI=1S/C14H16O7/c1-9(15)14(2,7-10(16)3-5-12(18)19)8-11(17)4-6-13(20)21/h3-6H,7-8H2,1-2H3,(H,18,19)(H,20,21)/b5-3-,6-4-. The second-order valence-electron chi connectivity index (χ2n) is 4.75. The number of carbonyl (C=O) groups excluding carboxylic acids is 3. The van der Waals surface area contributed by atoms with Gasteiger partial charge < -0.3 is 10.2 Å². The molecule has 0 spiro atoms. The van der Waals surface area contributed by atoms with Crippen molar-refractivity contribution in [2.75, 3.05) is 0 Å². The summed E-state index contributed by atoms with van der Waals surface area (Å²) < 4.78 is 0. The normalized spacial score (nSPS) is 11.7. The lowest BCUT2D eigenvalue weighted by atomic mass is 9.77. The minimum atomic E-state index is -1.31. The van der Waals surface area contributed by atoms with Crippen LogP contribution in [0.5, 0.6) is 0 Å². The number of rotatable bonds is 9. The molecule has 21 heavy (non-hydrogen) atoms. The molecule has 0 aliphatic rings. The zero-order valence-corrected chi connectivity index (χ0v) is 11.7. The molecular formula is C14H16O7. The molecule has 0 saturated carbocycles. The molecule has 0 heterocycles. The molecule has 0 aromatic carbocycles. The second-order valence-corrected chi connectivity index (χ2v) is 4.75. The van der Waals surface area contributed by atoms with Crippen LogP contribution in [0.2, 0.25) is 0 Å². The molecule has 0 bridgehead atoms. The molecule has 0 radical (unpaired) electrons. The summed E-state index contributed by atoms with van der Waals surface area (Å²) in [6.07, 6.45) is 2.27. The Hall–Kier alpha value is -2.57. The van der Waals surface area contributed by atoms with E-state index in [2.05, 4.69) is 0 Å². The number of ketones is 3. The third kappa shape index (κ3) is 7.56. The molecule has 0 aliphatic heterocycles. The predicted molar refractivity (Wildman–Crippen MR) is 71.6 cm³/mol. The van der Waals surface area contributed by atoms with E-state index in [0.29, 0.717) is 12.2 Å². The molecule has 0 aromatic heterocycles. The first-order valence-corrected chi connectivity index (χ1v) is 5.95. The molecule has 0 rings (SSSR count). The Morgan fingerprint density at radius 2 is 1.14 bits per heavy atom. The summed E-state index contributed by atoms with van der Waals surface area (Å²) in [6.45, 7) is 2.61. The van der Waals surface area contributed by atoms with Gasteiger partial charge >= 0.3 is 11.9 Å². The van der Waals surface area contributed by atoms with Crippen molar-refractivity contribution >= 4 is 29.3 Å². The highest BCUT2D eigenvalue weighted by Gasteiger charge is 2.33. The van der Waals surface area contributed by atoms with Gasteiger partial charge in [0.1, 0.15) is 5.78 Å². The van der Waals surface area contributed by atoms with Crippen LogP contribution in [0.1, 0.15) is 26.7 Å². The van der Waals surface area contributed by atoms with Gasteiger partial charge in [-0.05, 0) is 19.1 Å². The largest absolute Gasteiger partial charge is 0.478 e. The van der Waals surface area contributed by atoms with E-state index >= 15 is 0 Å². The summed E-state index contributed by atoms with van der Waals surface area (Å²) in [6, 6.07) is 0. The van der Waals surface area contributed by atoms with Crippen LogP contribution in [0.4, 0.5) is 0 Å². The molecular weight excluding hydrogens is 280 g/mol. The van der Waals surface area contributed by atoms with Crippen LogP contribution in [0.25, 0.3) is 0 Å². The van der Waals surface area contributed by atoms with Crippen molar-refractivity contribution in [3.8, 4) is 0 Å². The number of hydrogen-bond donors (Lipinski definition) is 2. The molecule has 0 aliphatic carbocycles. The number of hydrogen-bond acceptors (Lipinski definition) is 5. The van der Waals surface area contributed by atoms with Gasteiger partial charge in [0.25, 0.3) is 0 Å². The van der Waals surface area contributed by atoms with E-state index in [1.807, 2.05) is 0 Å². The van der Waals surface area contributed by atoms with Crippen molar-refractivity contribution in [1.82, 2.24) is 0 Å². The van der Waals surface area contributed by atoms with Crippen molar-refractivity contribution in [1.29, 1.82) is 0 Å². The van der Waals surface area contributed by atoms with E-state index in [1.54, 1.807) is 0 Å². The summed E-state index contributed by atoms with van der Waals surface area (Å²) >= 11 is 0. The van der Waals surface area contributed by atoms with Crippen LogP contribution < -0.4 is 0 Å². The summed E-state index contributed by atoms with van der Waals surface area (Å²) in [5.41, 5.74) is -1.31. The monoisotopic (exact) mass is 296 g/mol. The molecule has 0 saturated heterocycles. The number of carbonyl (C=O) groups is 5. The summed E-state index contributed by atoms with van der Waals surface area (Å²) in [5, 5.41) is 16.8. The Balaban J connectivity index is 4.97. The molecule has 2 N–H and O–H groups in total. The Morgan fingerprint density at radius 3 is 1.38 bits per heavy atom. The van der Waals surface area contributed by atoms with E-state index in [0.717, 1.165) is 12.2 Å². The topological polar surface area (TPSA) is 126 Å². The average molecular weight is 296 g/mol. The van der Waals surface area contributed by atoms with E-state index in [9.17, 15) is 24.0 Å². The summed E-state index contributed by atoms with van der Waals surface area (Å²) in [5.74, 6) is -4.23. The number of allylic oxidation sites excluding steroid dienone is 2. The maximum absolute atomic E-state index is 11.6. The third-order valence-electron chi connectivity index (χ3n) is 2.80. The molecule has 0 atom stereocenters. The second kappa shape index (κ2) is 7.88. The number of carboxylic acid groups (broad SMARTS) is 2. The Labute approximate surface area is 121 Å². The van der Waals surface area contributed by atoms with Gasteiger partial charge in [0.15, 0.2) is 11.6 Å². The molecule has 7 nitrogen and oxygen atoms in total. The van der Waals surface area contributed by atoms with Gasteiger partial charge in [-0.15, -0.1) is 0 Å². The number of aliphatic carboxylic acids is 2. The van der Waals surface area contributed by atoms with Gasteiger partial charge in [0.05, 0.1) is 0 Å². The minimum Gasteiger partial charge on any atom is -0.478 e. The average Bonchev–Trinajstić information content (AvgIpc) is 2.33. The van der Waals surface area contributed by atoms with Gasteiger partial charge in [-0.2, -0.15) is 0 Å². The predicted octanol–water partition coefficient (Wildman–Crippen LogP) is 0.782. The highest BCUT2D eigenvalue weighted by atomic mass is 16.4. The SMILES string of the molecule is CC(=O)C(C)(CC(=O)/C=C\C(=O)O)CC(=O)/C=C\C(=O)O. The van der Waals surface area contributed by atoms with Crippen molar-refractivity contribution in [3.63, 3.8) is 0 Å². The van der Waals surface area contributed by atoms with Crippen LogP contribution >= 0.6 is 0 Å². The molecule has 7 heteroatoms. The highest BCUT2D eigenvalue weighted by Crippen LogP contribution is 2.28. The lowest BCUT2D eigenvalue weighted by molar-refractivity contribution is -0.133. The zero-order chi connectivity index (χ0) is 16.6. The molecule has 0 unspecified atom stereocenters. The molecule has 0 fully saturated rings. The first-order chi connectivity index (χ1) is 9.56. The maximum atomic E-state index is 11.6. The van der Waals surface area contributed by atoms with Gasteiger partial charge in [-0.1, -0.05) is 6.92 Å². The van der Waals surface area contributed by atoms with Crippen molar-refractivity contribution in [3.05, 3.63) is 24.3 Å². The highest BCUT2D eigenvalue weighted by molar-refractivity contribution is 6.02. The lowest BCUT2D eigenvalue weighted by Crippen LogP contribution is -2.30. The molecule has 0 aromatic rings. The Kier molecular flexibility index (Phi) is 6.92. The maximum Gasteiger partial charge on any atom is 0.328 e. The van der Waals surface area contributed by atoms with Gasteiger partial charge in [-0.25, -0.2) is 9.59 Å². The van der Waals surface area contributed by atoms with Crippen LogP contribution in [-0.4, -0.2) is 39.5 Å². The van der Waals surface area contributed by atoms with E-state index < -0.39 is 34.7 Å². The fourth-order valence-corrected chi connectivity index (χ4v) is 1.53. The summed E-state index contributed by atoms with van der Waals surface area (Å²) in [4.78, 5) is 55.4. The quantitative estimate of drug-likeness (QED) is 0.602. The first-order valence-electron chi connectivity index (χ1n) is 5.95. The van der Waals surface area contributed by atoms with Crippen LogP contribution in [-0.2, 0) is 24.0 Å². The van der Waals surface area contributed by atoms with Crippen molar-refractivity contribution < 1.29 is 34.2 Å². The van der Waals surface area contributed by atoms with Gasteiger partial charge in [-0.3, -0.25) is 14.4 Å². The van der Waals surface area contributed by atoms with Crippen LogP contribution in [0, 0.1) is 5.41 Å². The van der Waals surface area contributed by atoms with Crippen molar-refractivity contribution in [2.45, 2.75) is 26.7 Å². The third-order valence-corrected chi connectivity index (χ3v) is 2.80. The lowest BCUT2D eigenvalue weighted by Gasteiger charge is -2.24. The summed E-state index contributed by atoms with van der Waals surface area (Å²) in [7, 11) is 0. The van der Waals surface area contributed by atoms with Crippen LogP contribution in [0.3, 0.4) is 0 Å². The smallest absolute Gasteiger partial charge is 0.328 e. The fraction of sp³-hybridized carbons (Fsp3) is 0.357.